The Morgan fingerprint density at radius 1 is 1.13 bits per heavy atom. The Labute approximate surface area is 176 Å². The first-order valence-electron chi connectivity index (χ1n) is 8.45. The highest BCUT2D eigenvalue weighted by atomic mass is 35.5. The second kappa shape index (κ2) is 8.02. The summed E-state index contributed by atoms with van der Waals surface area (Å²) in [6.07, 6.45) is -8.45. The van der Waals surface area contributed by atoms with Crippen LogP contribution in [0, 0.1) is 0 Å². The van der Waals surface area contributed by atoms with Crippen molar-refractivity contribution in [3.8, 4) is 5.75 Å². The van der Waals surface area contributed by atoms with E-state index in [0.29, 0.717) is 23.4 Å². The summed E-state index contributed by atoms with van der Waals surface area (Å²) >= 11 is 5.86. The lowest BCUT2D eigenvalue weighted by atomic mass is 10.1. The topological polar surface area (TPSA) is 88.5 Å². The van der Waals surface area contributed by atoms with Gasteiger partial charge < -0.3 is 10.1 Å². The van der Waals surface area contributed by atoms with Crippen LogP contribution >= 0.6 is 11.6 Å². The van der Waals surface area contributed by atoms with Crippen molar-refractivity contribution in [2.45, 2.75) is 36.1 Å². The van der Waals surface area contributed by atoms with Crippen LogP contribution in [-0.2, 0) is 29.1 Å². The Hall–Kier alpha value is -2.25. The molecule has 1 aliphatic carbocycles. The molecule has 3 rings (SSSR count). The SMILES string of the molecule is O=S(=O)(O)c1cc2c(cc1OCC(F)(F)F)CC(Nc1ncc(C(F)(F)F)cc1Cl)C2. The fourth-order valence-electron chi connectivity index (χ4n) is 3.10. The number of alkyl halides is 6. The lowest BCUT2D eigenvalue weighted by Gasteiger charge is -2.15. The summed E-state index contributed by atoms with van der Waals surface area (Å²) in [6, 6.07) is 2.27. The van der Waals surface area contributed by atoms with E-state index in [2.05, 4.69) is 15.0 Å². The van der Waals surface area contributed by atoms with Crippen LogP contribution in [0.4, 0.5) is 32.2 Å². The quantitative estimate of drug-likeness (QED) is 0.473. The standard InChI is InChI=1S/C17H13ClF6N2O4S/c18-12-5-10(17(22,23)24)6-25-15(12)26-11-1-8-3-13(30-7-16(19,20)21)14(31(27,28)29)4-9(8)2-11/h3-6,11H,1-2,7H2,(H,25,26)(H,27,28,29). The van der Waals surface area contributed by atoms with Gasteiger partial charge in [0.2, 0.25) is 0 Å². The molecule has 0 aliphatic heterocycles. The molecule has 0 fully saturated rings. The van der Waals surface area contributed by atoms with Crippen LogP contribution in [0.5, 0.6) is 5.75 Å². The number of ether oxygens (including phenoxy) is 1. The maximum Gasteiger partial charge on any atom is 0.422 e. The number of anilines is 1. The molecule has 1 unspecified atom stereocenters. The van der Waals surface area contributed by atoms with Crippen molar-refractivity contribution in [1.29, 1.82) is 0 Å². The summed E-state index contributed by atoms with van der Waals surface area (Å²) in [6.45, 7) is -1.76. The molecule has 0 bridgehead atoms. The number of benzene rings is 1. The van der Waals surface area contributed by atoms with Crippen LogP contribution in [0.1, 0.15) is 16.7 Å². The predicted octanol–water partition coefficient (Wildman–Crippen LogP) is 4.52. The third-order valence-corrected chi connectivity index (χ3v) is 5.54. The van der Waals surface area contributed by atoms with Gasteiger partial charge in [0, 0.05) is 12.2 Å². The molecule has 170 valence electrons. The van der Waals surface area contributed by atoms with Crippen molar-refractivity contribution in [3.63, 3.8) is 0 Å². The Bertz CT molecular complexity index is 1110. The third kappa shape index (κ3) is 5.71. The Morgan fingerprint density at radius 3 is 2.26 bits per heavy atom. The number of nitrogens with zero attached hydrogens (tertiary/aromatic N) is 1. The maximum atomic E-state index is 12.7. The van der Waals surface area contributed by atoms with E-state index in [1.807, 2.05) is 0 Å². The fourth-order valence-corrected chi connectivity index (χ4v) is 3.98. The highest BCUT2D eigenvalue weighted by molar-refractivity contribution is 7.86. The van der Waals surface area contributed by atoms with Crippen molar-refractivity contribution in [1.82, 2.24) is 4.98 Å². The highest BCUT2D eigenvalue weighted by Crippen LogP contribution is 2.36. The van der Waals surface area contributed by atoms with Crippen LogP contribution in [0.3, 0.4) is 0 Å². The largest absolute Gasteiger partial charge is 0.483 e. The molecule has 0 saturated carbocycles. The lowest BCUT2D eigenvalue weighted by Crippen LogP contribution is -2.21. The van der Waals surface area contributed by atoms with Crippen molar-refractivity contribution in [2.75, 3.05) is 11.9 Å². The fraction of sp³-hybridized carbons (Fsp3) is 0.353. The van der Waals surface area contributed by atoms with E-state index >= 15 is 0 Å². The molecule has 1 aromatic heterocycles. The summed E-state index contributed by atoms with van der Waals surface area (Å²) < 4.78 is 113. The number of halogens is 7. The second-order valence-corrected chi connectivity index (χ2v) is 8.55. The first-order chi connectivity index (χ1) is 14.1. The Balaban J connectivity index is 1.83. The van der Waals surface area contributed by atoms with E-state index in [1.165, 1.54) is 0 Å². The van der Waals surface area contributed by atoms with Gasteiger partial charge in [-0.3, -0.25) is 4.55 Å². The van der Waals surface area contributed by atoms with Gasteiger partial charge in [-0.05, 0) is 42.2 Å². The van der Waals surface area contributed by atoms with Gasteiger partial charge in [-0.25, -0.2) is 4.98 Å². The molecular formula is C17H13ClF6N2O4S. The Morgan fingerprint density at radius 2 is 1.74 bits per heavy atom. The molecule has 6 nitrogen and oxygen atoms in total. The summed E-state index contributed by atoms with van der Waals surface area (Å²) in [5.41, 5.74) is -0.209. The van der Waals surface area contributed by atoms with Crippen LogP contribution < -0.4 is 10.1 Å². The van der Waals surface area contributed by atoms with Gasteiger partial charge in [-0.1, -0.05) is 11.6 Å². The van der Waals surface area contributed by atoms with Crippen molar-refractivity contribution in [2.24, 2.45) is 0 Å². The second-order valence-electron chi connectivity index (χ2n) is 6.75. The van der Waals surface area contributed by atoms with E-state index < -0.39 is 51.3 Å². The van der Waals surface area contributed by atoms with E-state index in [9.17, 15) is 39.3 Å². The number of pyridine rings is 1. The molecule has 14 heteroatoms. The van der Waals surface area contributed by atoms with Gasteiger partial charge in [0.25, 0.3) is 10.1 Å². The molecule has 2 N–H and O–H groups in total. The summed E-state index contributed by atoms with van der Waals surface area (Å²) in [5, 5.41) is 2.53. The molecule has 0 saturated heterocycles. The monoisotopic (exact) mass is 490 g/mol. The van der Waals surface area contributed by atoms with Crippen LogP contribution in [0.15, 0.2) is 29.3 Å². The van der Waals surface area contributed by atoms with Gasteiger partial charge in [0.05, 0.1) is 10.6 Å². The summed E-state index contributed by atoms with van der Waals surface area (Å²) in [4.78, 5) is 2.84. The molecule has 1 aromatic carbocycles. The molecule has 1 atom stereocenters. The van der Waals surface area contributed by atoms with Gasteiger partial charge >= 0.3 is 12.4 Å². The van der Waals surface area contributed by atoms with E-state index in [0.717, 1.165) is 12.1 Å². The van der Waals surface area contributed by atoms with Gasteiger partial charge in [-0.15, -0.1) is 0 Å². The average molecular weight is 491 g/mol. The van der Waals surface area contributed by atoms with Gasteiger partial charge in [-0.2, -0.15) is 34.8 Å². The molecular weight excluding hydrogens is 478 g/mol. The van der Waals surface area contributed by atoms with E-state index in [-0.39, 0.29) is 23.7 Å². The minimum absolute atomic E-state index is 0.0454. The maximum absolute atomic E-state index is 12.7. The van der Waals surface area contributed by atoms with Gasteiger partial charge in [0.1, 0.15) is 16.5 Å². The average Bonchev–Trinajstić information content (AvgIpc) is 3.00. The lowest BCUT2D eigenvalue weighted by molar-refractivity contribution is -0.153. The molecule has 1 aliphatic rings. The van der Waals surface area contributed by atoms with E-state index in [1.54, 1.807) is 0 Å². The number of fused-ring (bicyclic) bond motifs is 1. The molecule has 0 amide bonds. The molecule has 1 heterocycles. The molecule has 0 spiro atoms. The first-order valence-corrected chi connectivity index (χ1v) is 10.3. The first kappa shape index (κ1) is 23.4. The third-order valence-electron chi connectivity index (χ3n) is 4.38. The molecule has 31 heavy (non-hydrogen) atoms. The van der Waals surface area contributed by atoms with Crippen LogP contribution in [-0.4, -0.2) is 36.8 Å². The highest BCUT2D eigenvalue weighted by Gasteiger charge is 2.33. The number of hydrogen-bond donors (Lipinski definition) is 2. The van der Waals surface area contributed by atoms with Crippen molar-refractivity contribution < 1.29 is 44.0 Å². The minimum Gasteiger partial charge on any atom is -0.483 e. The molecule has 2 aromatic rings. The zero-order valence-corrected chi connectivity index (χ0v) is 16.8. The summed E-state index contributed by atoms with van der Waals surface area (Å²) in [5.74, 6) is -0.707. The smallest absolute Gasteiger partial charge is 0.422 e. The van der Waals surface area contributed by atoms with Crippen molar-refractivity contribution in [3.05, 3.63) is 46.1 Å². The van der Waals surface area contributed by atoms with Crippen molar-refractivity contribution >= 4 is 27.5 Å². The van der Waals surface area contributed by atoms with Gasteiger partial charge in [0.15, 0.2) is 6.61 Å². The predicted molar refractivity (Wildman–Crippen MR) is 96.9 cm³/mol. The number of aromatic nitrogens is 1. The van der Waals surface area contributed by atoms with E-state index in [4.69, 9.17) is 11.6 Å². The summed E-state index contributed by atoms with van der Waals surface area (Å²) in [7, 11) is -4.88. The zero-order chi connectivity index (χ0) is 23.2. The normalized spacial score (nSPS) is 16.8. The van der Waals surface area contributed by atoms with Crippen LogP contribution in [0.2, 0.25) is 5.02 Å². The minimum atomic E-state index is -4.88. The molecule has 0 radical (unpaired) electrons. The van der Waals surface area contributed by atoms with Crippen LogP contribution in [0.25, 0.3) is 0 Å². The number of rotatable bonds is 5. The number of hydrogen-bond acceptors (Lipinski definition) is 5. The zero-order valence-electron chi connectivity index (χ0n) is 15.2. The Kier molecular flexibility index (Phi) is 6.06. The number of nitrogens with one attached hydrogen (secondary N) is 1.